The molecule has 1 aliphatic rings. The second-order valence-electron chi connectivity index (χ2n) is 9.90. The van der Waals surface area contributed by atoms with Crippen LogP contribution in [-0.2, 0) is 10.8 Å². The number of nitrogen functional groups attached to an aromatic ring is 1. The second-order valence-corrected chi connectivity index (χ2v) is 9.90. The number of anilines is 2. The molecule has 1 aliphatic heterocycles. The van der Waals surface area contributed by atoms with Gasteiger partial charge in [0.2, 0.25) is 0 Å². The molecule has 1 heterocycles. The molecule has 2 aromatic rings. The van der Waals surface area contributed by atoms with Gasteiger partial charge in [0.15, 0.2) is 0 Å². The molecule has 2 aromatic carbocycles. The Morgan fingerprint density at radius 3 is 1.90 bits per heavy atom. The molecule has 3 amide bonds. The predicted octanol–water partition coefficient (Wildman–Crippen LogP) is 4.65. The van der Waals surface area contributed by atoms with Crippen LogP contribution in [0.3, 0.4) is 0 Å². The van der Waals surface area contributed by atoms with Crippen molar-refractivity contribution >= 4 is 23.3 Å². The van der Waals surface area contributed by atoms with E-state index in [9.17, 15) is 14.7 Å². The first kappa shape index (κ1) is 21.7. The van der Waals surface area contributed by atoms with Gasteiger partial charge in [0, 0.05) is 41.2 Å². The Morgan fingerprint density at radius 1 is 0.933 bits per heavy atom. The maximum atomic E-state index is 13.1. The van der Waals surface area contributed by atoms with Crippen molar-refractivity contribution in [2.24, 2.45) is 0 Å². The summed E-state index contributed by atoms with van der Waals surface area (Å²) in [5, 5.41) is 10.9. The van der Waals surface area contributed by atoms with Gasteiger partial charge in [-0.15, -0.1) is 0 Å². The Hall–Kier alpha value is -3.02. The molecular weight excluding hydrogens is 378 g/mol. The number of amides is 3. The molecule has 0 radical (unpaired) electrons. The third kappa shape index (κ3) is 3.99. The molecule has 6 nitrogen and oxygen atoms in total. The molecule has 0 atom stereocenters. The Kier molecular flexibility index (Phi) is 5.31. The summed E-state index contributed by atoms with van der Waals surface area (Å²) >= 11 is 0. The molecule has 160 valence electrons. The molecule has 6 heteroatoms. The van der Waals surface area contributed by atoms with E-state index in [1.165, 1.54) is 4.90 Å². The molecule has 0 unspecified atom stereocenters. The number of imide groups is 1. The normalized spacial score (nSPS) is 15.1. The van der Waals surface area contributed by atoms with E-state index < -0.39 is 0 Å². The average Bonchev–Trinajstić information content (AvgIpc) is 3.01. The molecule has 0 saturated carbocycles. The van der Waals surface area contributed by atoms with Crippen LogP contribution in [0.2, 0.25) is 0 Å². The third-order valence-corrected chi connectivity index (χ3v) is 5.43. The largest absolute Gasteiger partial charge is 0.507 e. The number of aromatic hydroxyl groups is 1. The summed E-state index contributed by atoms with van der Waals surface area (Å²) in [5.41, 5.74) is 8.33. The Labute approximate surface area is 178 Å². The van der Waals surface area contributed by atoms with E-state index in [4.69, 9.17) is 5.73 Å². The van der Waals surface area contributed by atoms with E-state index >= 15 is 0 Å². The van der Waals surface area contributed by atoms with Crippen molar-refractivity contribution < 1.29 is 14.7 Å². The number of carbonyl (C=O) groups is 2. The van der Waals surface area contributed by atoms with Crippen LogP contribution >= 0.6 is 0 Å². The highest BCUT2D eigenvalue weighted by Gasteiger charge is 2.36. The van der Waals surface area contributed by atoms with Gasteiger partial charge in [-0.2, -0.15) is 0 Å². The smallest absolute Gasteiger partial charge is 0.331 e. The van der Waals surface area contributed by atoms with Gasteiger partial charge >= 0.3 is 6.03 Å². The number of urea groups is 1. The van der Waals surface area contributed by atoms with Crippen molar-refractivity contribution in [2.45, 2.75) is 52.4 Å². The molecule has 0 bridgehead atoms. The Balaban J connectivity index is 1.99. The Morgan fingerprint density at radius 2 is 1.43 bits per heavy atom. The molecule has 0 aromatic heterocycles. The maximum absolute atomic E-state index is 13.1. The van der Waals surface area contributed by atoms with Crippen LogP contribution in [0.1, 0.15) is 63.0 Å². The monoisotopic (exact) mass is 409 g/mol. The SMILES string of the molecule is CC(C)(C)c1cc(N2CCN(C(=O)c3ccc(N)cc3)C2=O)cc(C(C)(C)C)c1O. The van der Waals surface area contributed by atoms with E-state index in [1.54, 1.807) is 29.2 Å². The van der Waals surface area contributed by atoms with Crippen molar-refractivity contribution in [1.29, 1.82) is 0 Å². The lowest BCUT2D eigenvalue weighted by atomic mass is 9.79. The van der Waals surface area contributed by atoms with Crippen LogP contribution < -0.4 is 10.6 Å². The quantitative estimate of drug-likeness (QED) is 0.707. The highest BCUT2D eigenvalue weighted by atomic mass is 16.3. The summed E-state index contributed by atoms with van der Waals surface area (Å²) in [6, 6.07) is 9.92. The van der Waals surface area contributed by atoms with Crippen LogP contribution in [0.15, 0.2) is 36.4 Å². The molecule has 1 fully saturated rings. The van der Waals surface area contributed by atoms with Crippen molar-refractivity contribution in [3.8, 4) is 5.75 Å². The van der Waals surface area contributed by atoms with E-state index in [2.05, 4.69) is 0 Å². The van der Waals surface area contributed by atoms with Gasteiger partial charge in [-0.3, -0.25) is 14.6 Å². The third-order valence-electron chi connectivity index (χ3n) is 5.43. The summed E-state index contributed by atoms with van der Waals surface area (Å²) in [7, 11) is 0. The fourth-order valence-electron chi connectivity index (χ4n) is 3.66. The van der Waals surface area contributed by atoms with Gasteiger partial charge in [0.05, 0.1) is 0 Å². The molecule has 0 spiro atoms. The lowest BCUT2D eigenvalue weighted by Crippen LogP contribution is -2.36. The highest BCUT2D eigenvalue weighted by Crippen LogP contribution is 2.42. The van der Waals surface area contributed by atoms with Crippen LogP contribution in [0.25, 0.3) is 0 Å². The minimum absolute atomic E-state index is 0.264. The summed E-state index contributed by atoms with van der Waals surface area (Å²) < 4.78 is 0. The molecule has 3 N–H and O–H groups in total. The number of hydrogen-bond acceptors (Lipinski definition) is 4. The van der Waals surface area contributed by atoms with Gasteiger partial charge < -0.3 is 10.8 Å². The number of nitrogens with two attached hydrogens (primary N) is 1. The Bertz CT molecular complexity index is 947. The molecule has 1 saturated heterocycles. The number of rotatable bonds is 2. The number of hydrogen-bond donors (Lipinski definition) is 2. The van der Waals surface area contributed by atoms with Crippen molar-refractivity contribution in [2.75, 3.05) is 23.7 Å². The topological polar surface area (TPSA) is 86.9 Å². The van der Waals surface area contributed by atoms with E-state index in [0.29, 0.717) is 30.0 Å². The summed E-state index contributed by atoms with van der Waals surface area (Å²) in [5.74, 6) is -0.0754. The van der Waals surface area contributed by atoms with Crippen LogP contribution in [0.5, 0.6) is 5.75 Å². The lowest BCUT2D eigenvalue weighted by Gasteiger charge is -2.30. The van der Waals surface area contributed by atoms with Crippen LogP contribution in [0, 0.1) is 0 Å². The van der Waals surface area contributed by atoms with Gasteiger partial charge in [0.1, 0.15) is 5.75 Å². The number of nitrogens with zero attached hydrogens (tertiary/aromatic N) is 2. The predicted molar refractivity (Wildman–Crippen MR) is 120 cm³/mol. The summed E-state index contributed by atoms with van der Waals surface area (Å²) in [6.45, 7) is 12.9. The van der Waals surface area contributed by atoms with Gasteiger partial charge in [0.25, 0.3) is 5.91 Å². The molecule has 30 heavy (non-hydrogen) atoms. The first-order chi connectivity index (χ1) is 13.8. The number of phenols is 1. The van der Waals surface area contributed by atoms with E-state index in [-0.39, 0.29) is 28.5 Å². The van der Waals surface area contributed by atoms with Crippen molar-refractivity contribution in [1.82, 2.24) is 4.90 Å². The van der Waals surface area contributed by atoms with E-state index in [1.807, 2.05) is 53.7 Å². The minimum atomic E-state index is -0.359. The van der Waals surface area contributed by atoms with E-state index in [0.717, 1.165) is 11.1 Å². The number of benzene rings is 2. The van der Waals surface area contributed by atoms with Gasteiger partial charge in [-0.05, 0) is 47.2 Å². The standard InChI is InChI=1S/C24H31N3O3/c1-23(2,3)18-13-17(14-19(20(18)28)24(4,5)6)26-11-12-27(22(26)30)21(29)15-7-9-16(25)10-8-15/h7-10,13-14,28H,11-12,25H2,1-6H3. The summed E-state index contributed by atoms with van der Waals surface area (Å²) in [6.07, 6.45) is 0. The molecule has 0 aliphatic carbocycles. The van der Waals surface area contributed by atoms with Crippen LogP contribution in [0.4, 0.5) is 16.2 Å². The molecule has 3 rings (SSSR count). The second kappa shape index (κ2) is 7.35. The first-order valence-electron chi connectivity index (χ1n) is 10.2. The fourth-order valence-corrected chi connectivity index (χ4v) is 3.66. The number of carbonyl (C=O) groups excluding carboxylic acids is 2. The summed E-state index contributed by atoms with van der Waals surface area (Å²) in [4.78, 5) is 28.9. The van der Waals surface area contributed by atoms with Crippen LogP contribution in [-0.4, -0.2) is 35.0 Å². The lowest BCUT2D eigenvalue weighted by molar-refractivity contribution is 0.0830. The van der Waals surface area contributed by atoms with Gasteiger partial charge in [-0.25, -0.2) is 4.79 Å². The zero-order valence-corrected chi connectivity index (χ0v) is 18.6. The number of phenolic OH excluding ortho intramolecular Hbond substituents is 1. The maximum Gasteiger partial charge on any atom is 0.331 e. The molecular formula is C24H31N3O3. The first-order valence-corrected chi connectivity index (χ1v) is 10.2. The average molecular weight is 410 g/mol. The van der Waals surface area contributed by atoms with Crippen molar-refractivity contribution in [3.63, 3.8) is 0 Å². The van der Waals surface area contributed by atoms with Crippen molar-refractivity contribution in [3.05, 3.63) is 53.1 Å². The fraction of sp³-hybridized carbons (Fsp3) is 0.417. The zero-order chi connectivity index (χ0) is 22.4. The minimum Gasteiger partial charge on any atom is -0.507 e. The highest BCUT2D eigenvalue weighted by molar-refractivity contribution is 6.10. The van der Waals surface area contributed by atoms with Gasteiger partial charge in [-0.1, -0.05) is 41.5 Å². The zero-order valence-electron chi connectivity index (χ0n) is 18.6.